The van der Waals surface area contributed by atoms with Gasteiger partial charge in [0.1, 0.15) is 6.04 Å². The van der Waals surface area contributed by atoms with Gasteiger partial charge in [0.25, 0.3) is 0 Å². The molecule has 4 rings (SSSR count). The van der Waals surface area contributed by atoms with E-state index in [1.807, 2.05) is 36.4 Å². The summed E-state index contributed by atoms with van der Waals surface area (Å²) in [7, 11) is 0. The van der Waals surface area contributed by atoms with Gasteiger partial charge in [-0.15, -0.1) is 0 Å². The highest BCUT2D eigenvalue weighted by atomic mass is 16.3. The SMILES string of the molecule is C[C@@H](O)[C@@H](C(=O)NCc1ccccc1)N1CC2(CCCN2Cc2ccccc2)C1CC#N. The highest BCUT2D eigenvalue weighted by Crippen LogP contribution is 2.46. The van der Waals surface area contributed by atoms with Crippen LogP contribution in [0.2, 0.25) is 0 Å². The third-order valence-corrected chi connectivity index (χ3v) is 7.04. The molecule has 0 saturated carbocycles. The van der Waals surface area contributed by atoms with E-state index in [4.69, 9.17) is 0 Å². The number of carbonyl (C=O) groups excluding carboxylic acids is 1. The number of rotatable bonds is 8. The second kappa shape index (κ2) is 9.83. The summed E-state index contributed by atoms with van der Waals surface area (Å²) in [4.78, 5) is 17.6. The number of hydrogen-bond donors (Lipinski definition) is 2. The van der Waals surface area contributed by atoms with E-state index in [2.05, 4.69) is 45.5 Å². The first-order valence-corrected chi connectivity index (χ1v) is 11.5. The second-order valence-electron chi connectivity index (χ2n) is 9.05. The topological polar surface area (TPSA) is 79.6 Å². The van der Waals surface area contributed by atoms with Crippen LogP contribution in [0.3, 0.4) is 0 Å². The van der Waals surface area contributed by atoms with Crippen molar-refractivity contribution in [1.29, 1.82) is 5.26 Å². The van der Waals surface area contributed by atoms with Gasteiger partial charge < -0.3 is 10.4 Å². The van der Waals surface area contributed by atoms with Crippen molar-refractivity contribution < 1.29 is 9.90 Å². The molecule has 2 aromatic carbocycles. The Labute approximate surface area is 190 Å². The Hall–Kier alpha value is -2.72. The van der Waals surface area contributed by atoms with Gasteiger partial charge in [-0.05, 0) is 37.4 Å². The second-order valence-corrected chi connectivity index (χ2v) is 9.05. The highest BCUT2D eigenvalue weighted by molar-refractivity contribution is 5.82. The number of aliphatic hydroxyl groups is 1. The zero-order valence-corrected chi connectivity index (χ0v) is 18.7. The Morgan fingerprint density at radius 1 is 1.19 bits per heavy atom. The fourth-order valence-corrected chi connectivity index (χ4v) is 5.50. The van der Waals surface area contributed by atoms with Gasteiger partial charge in [0.15, 0.2) is 0 Å². The predicted octanol–water partition coefficient (Wildman–Crippen LogP) is 2.68. The molecule has 0 aromatic heterocycles. The molecule has 0 radical (unpaired) electrons. The van der Waals surface area contributed by atoms with Gasteiger partial charge in [0.05, 0.1) is 24.1 Å². The Kier molecular flexibility index (Phi) is 6.90. The Morgan fingerprint density at radius 3 is 2.47 bits per heavy atom. The molecule has 168 valence electrons. The van der Waals surface area contributed by atoms with E-state index < -0.39 is 12.1 Å². The summed E-state index contributed by atoms with van der Waals surface area (Å²) in [6.45, 7) is 4.61. The Morgan fingerprint density at radius 2 is 1.84 bits per heavy atom. The monoisotopic (exact) mass is 432 g/mol. The van der Waals surface area contributed by atoms with Crippen LogP contribution in [0, 0.1) is 11.3 Å². The van der Waals surface area contributed by atoms with E-state index in [0.717, 1.165) is 31.5 Å². The maximum absolute atomic E-state index is 13.1. The highest BCUT2D eigenvalue weighted by Gasteiger charge is 2.60. The number of nitrogens with one attached hydrogen (secondary N) is 1. The van der Waals surface area contributed by atoms with Crippen LogP contribution < -0.4 is 5.32 Å². The minimum atomic E-state index is -0.826. The normalized spacial score (nSPS) is 25.1. The van der Waals surface area contributed by atoms with Crippen molar-refractivity contribution in [3.8, 4) is 6.07 Å². The van der Waals surface area contributed by atoms with E-state index in [1.165, 1.54) is 5.56 Å². The van der Waals surface area contributed by atoms with Crippen molar-refractivity contribution in [3.63, 3.8) is 0 Å². The number of aliphatic hydroxyl groups excluding tert-OH is 1. The van der Waals surface area contributed by atoms with Crippen LogP contribution in [0.1, 0.15) is 37.3 Å². The fraction of sp³-hybridized carbons (Fsp3) is 0.462. The zero-order chi connectivity index (χ0) is 22.6. The van der Waals surface area contributed by atoms with Gasteiger partial charge in [0, 0.05) is 25.7 Å². The van der Waals surface area contributed by atoms with Crippen LogP contribution in [0.15, 0.2) is 60.7 Å². The molecule has 2 unspecified atom stereocenters. The number of nitriles is 1. The van der Waals surface area contributed by atoms with E-state index in [1.54, 1.807) is 6.92 Å². The summed E-state index contributed by atoms with van der Waals surface area (Å²) in [5, 5.41) is 23.1. The van der Waals surface area contributed by atoms with Crippen LogP contribution >= 0.6 is 0 Å². The lowest BCUT2D eigenvalue weighted by molar-refractivity contribution is -0.156. The van der Waals surface area contributed by atoms with Crippen LogP contribution in [0.4, 0.5) is 0 Å². The van der Waals surface area contributed by atoms with Crippen LogP contribution in [-0.4, -0.2) is 57.6 Å². The van der Waals surface area contributed by atoms with Crippen molar-refractivity contribution >= 4 is 5.91 Å². The summed E-state index contributed by atoms with van der Waals surface area (Å²) in [5.41, 5.74) is 2.16. The third-order valence-electron chi connectivity index (χ3n) is 7.04. The zero-order valence-electron chi connectivity index (χ0n) is 18.7. The third kappa shape index (κ3) is 4.42. The predicted molar refractivity (Wildman–Crippen MR) is 123 cm³/mol. The summed E-state index contributed by atoms with van der Waals surface area (Å²) in [6, 6.07) is 21.8. The Bertz CT molecular complexity index is 943. The standard InChI is InChI=1S/C26H32N4O2/c1-20(31)24(25(32)28-17-21-9-4-2-5-10-21)30-19-26(23(30)13-15-27)14-8-16-29(26)18-22-11-6-3-7-12-22/h2-7,9-12,20,23-24,31H,8,13-14,16-19H2,1H3,(H,28,32)/t20-,23?,24+,26?/m1/s1. The van der Waals surface area contributed by atoms with Gasteiger partial charge in [0.2, 0.25) is 5.91 Å². The molecule has 1 spiro atoms. The number of benzene rings is 2. The number of amides is 1. The van der Waals surface area contributed by atoms with Crippen LogP contribution in [0.25, 0.3) is 0 Å². The molecule has 6 nitrogen and oxygen atoms in total. The van der Waals surface area contributed by atoms with Crippen LogP contribution in [-0.2, 0) is 17.9 Å². The number of likely N-dealkylation sites (tertiary alicyclic amines) is 2. The van der Waals surface area contributed by atoms with E-state index in [0.29, 0.717) is 19.5 Å². The van der Waals surface area contributed by atoms with Crippen molar-refractivity contribution in [2.45, 2.75) is 63.0 Å². The molecule has 2 aliphatic heterocycles. The minimum absolute atomic E-state index is 0.0687. The van der Waals surface area contributed by atoms with Gasteiger partial charge in [-0.1, -0.05) is 60.7 Å². The van der Waals surface area contributed by atoms with Crippen molar-refractivity contribution in [2.75, 3.05) is 13.1 Å². The quantitative estimate of drug-likeness (QED) is 0.671. The summed E-state index contributed by atoms with van der Waals surface area (Å²) >= 11 is 0. The van der Waals surface area contributed by atoms with Crippen molar-refractivity contribution in [3.05, 3.63) is 71.8 Å². The summed E-state index contributed by atoms with van der Waals surface area (Å²) in [6.07, 6.45) is 1.62. The summed E-state index contributed by atoms with van der Waals surface area (Å²) < 4.78 is 0. The number of carbonyl (C=O) groups is 1. The molecule has 1 amide bonds. The molecule has 2 saturated heterocycles. The van der Waals surface area contributed by atoms with Gasteiger partial charge >= 0.3 is 0 Å². The maximum atomic E-state index is 13.1. The number of hydrogen-bond acceptors (Lipinski definition) is 5. The van der Waals surface area contributed by atoms with E-state index >= 15 is 0 Å². The molecule has 2 fully saturated rings. The molecule has 2 aromatic rings. The lowest BCUT2D eigenvalue weighted by Gasteiger charge is -2.61. The van der Waals surface area contributed by atoms with Gasteiger partial charge in [-0.25, -0.2) is 0 Å². The average Bonchev–Trinajstić information content (AvgIpc) is 3.22. The molecule has 4 atom stereocenters. The minimum Gasteiger partial charge on any atom is -0.391 e. The largest absolute Gasteiger partial charge is 0.391 e. The molecule has 32 heavy (non-hydrogen) atoms. The molecule has 0 aliphatic carbocycles. The smallest absolute Gasteiger partial charge is 0.240 e. The lowest BCUT2D eigenvalue weighted by atomic mass is 9.74. The molecular weight excluding hydrogens is 400 g/mol. The van der Waals surface area contributed by atoms with Crippen molar-refractivity contribution in [1.82, 2.24) is 15.1 Å². The first-order valence-electron chi connectivity index (χ1n) is 11.5. The number of nitrogens with zero attached hydrogens (tertiary/aromatic N) is 3. The molecule has 2 aliphatic rings. The van der Waals surface area contributed by atoms with Crippen molar-refractivity contribution in [2.24, 2.45) is 0 Å². The fourth-order valence-electron chi connectivity index (χ4n) is 5.50. The van der Waals surface area contributed by atoms with E-state index in [-0.39, 0.29) is 17.5 Å². The lowest BCUT2D eigenvalue weighted by Crippen LogP contribution is -2.78. The summed E-state index contributed by atoms with van der Waals surface area (Å²) in [5.74, 6) is -0.186. The first-order chi connectivity index (χ1) is 15.5. The van der Waals surface area contributed by atoms with Crippen LogP contribution in [0.5, 0.6) is 0 Å². The maximum Gasteiger partial charge on any atom is 0.240 e. The molecule has 2 heterocycles. The first kappa shape index (κ1) is 22.5. The average molecular weight is 433 g/mol. The molecule has 0 bridgehead atoms. The molecule has 6 heteroatoms. The molecule has 2 N–H and O–H groups in total. The van der Waals surface area contributed by atoms with Gasteiger partial charge in [-0.2, -0.15) is 5.26 Å². The van der Waals surface area contributed by atoms with E-state index in [9.17, 15) is 15.2 Å². The Balaban J connectivity index is 1.49. The molecular formula is C26H32N4O2. The van der Waals surface area contributed by atoms with Gasteiger partial charge in [-0.3, -0.25) is 14.6 Å².